The van der Waals surface area contributed by atoms with Crippen LogP contribution in [0.15, 0.2) is 43.0 Å². The van der Waals surface area contributed by atoms with Gasteiger partial charge < -0.3 is 19.9 Å². The predicted molar refractivity (Wildman–Crippen MR) is 92.7 cm³/mol. The highest BCUT2D eigenvalue weighted by atomic mass is 16.5. The fraction of sp³-hybridized carbons (Fsp3) is 0.444. The molecule has 1 aliphatic rings. The third-order valence-corrected chi connectivity index (χ3v) is 3.94. The average Bonchev–Trinajstić information content (AvgIpc) is 3.25. The zero-order chi connectivity index (χ0) is 16.6. The molecule has 0 atom stereocenters. The minimum Gasteiger partial charge on any atom is -0.376 e. The molecule has 0 aliphatic heterocycles. The molecule has 2 N–H and O–H groups in total. The Morgan fingerprint density at radius 1 is 1.38 bits per heavy atom. The van der Waals surface area contributed by atoms with Crippen LogP contribution in [0.4, 0.5) is 10.5 Å². The van der Waals surface area contributed by atoms with Crippen molar-refractivity contribution >= 4 is 11.7 Å². The van der Waals surface area contributed by atoms with Gasteiger partial charge in [-0.3, -0.25) is 0 Å². The second-order valence-electron chi connectivity index (χ2n) is 6.19. The zero-order valence-corrected chi connectivity index (χ0v) is 13.8. The van der Waals surface area contributed by atoms with Gasteiger partial charge in [-0.15, -0.1) is 0 Å². The Balaban J connectivity index is 1.35. The molecule has 1 aliphatic carbocycles. The highest BCUT2D eigenvalue weighted by Crippen LogP contribution is 2.29. The van der Waals surface area contributed by atoms with Gasteiger partial charge in [0, 0.05) is 37.8 Å². The third kappa shape index (κ3) is 5.70. The van der Waals surface area contributed by atoms with Gasteiger partial charge in [0.2, 0.25) is 0 Å². The second kappa shape index (κ2) is 8.49. The molecule has 3 rings (SSSR count). The number of nitrogens with one attached hydrogen (secondary N) is 2. The molecule has 0 spiro atoms. The summed E-state index contributed by atoms with van der Waals surface area (Å²) in [7, 11) is 0. The van der Waals surface area contributed by atoms with E-state index in [0.29, 0.717) is 13.2 Å². The lowest BCUT2D eigenvalue weighted by atomic mass is 10.2. The van der Waals surface area contributed by atoms with Gasteiger partial charge in [0.15, 0.2) is 0 Å². The molecular weight excluding hydrogens is 304 g/mol. The number of hydrogen-bond donors (Lipinski definition) is 2. The number of ether oxygens (including phenoxy) is 1. The molecule has 6 nitrogen and oxygen atoms in total. The van der Waals surface area contributed by atoms with Gasteiger partial charge in [-0.2, -0.15) is 0 Å². The molecule has 0 radical (unpaired) electrons. The zero-order valence-electron chi connectivity index (χ0n) is 13.8. The summed E-state index contributed by atoms with van der Waals surface area (Å²) >= 11 is 0. The van der Waals surface area contributed by atoms with Gasteiger partial charge >= 0.3 is 6.03 Å². The highest BCUT2D eigenvalue weighted by molar-refractivity contribution is 5.89. The number of aryl methyl sites for hydroxylation is 1. The summed E-state index contributed by atoms with van der Waals surface area (Å²) < 4.78 is 7.67. The van der Waals surface area contributed by atoms with Gasteiger partial charge in [-0.05, 0) is 42.9 Å². The second-order valence-corrected chi connectivity index (χ2v) is 6.19. The van der Waals surface area contributed by atoms with E-state index in [0.717, 1.165) is 36.7 Å². The number of aromatic nitrogens is 2. The van der Waals surface area contributed by atoms with Crippen molar-refractivity contribution in [2.75, 3.05) is 18.5 Å². The normalized spacial score (nSPS) is 13.7. The smallest absolute Gasteiger partial charge is 0.319 e. The molecule has 2 aromatic rings. The summed E-state index contributed by atoms with van der Waals surface area (Å²) in [4.78, 5) is 15.9. The van der Waals surface area contributed by atoms with Crippen LogP contribution in [0, 0.1) is 5.92 Å². The van der Waals surface area contributed by atoms with Crippen molar-refractivity contribution in [3.8, 4) is 0 Å². The molecule has 1 fully saturated rings. The van der Waals surface area contributed by atoms with Crippen molar-refractivity contribution in [1.82, 2.24) is 14.9 Å². The molecule has 24 heavy (non-hydrogen) atoms. The van der Waals surface area contributed by atoms with E-state index in [9.17, 15) is 4.79 Å². The van der Waals surface area contributed by atoms with Crippen molar-refractivity contribution in [1.29, 1.82) is 0 Å². The Bertz CT molecular complexity index is 638. The lowest BCUT2D eigenvalue weighted by Gasteiger charge is -2.09. The van der Waals surface area contributed by atoms with Gasteiger partial charge in [0.25, 0.3) is 0 Å². The number of imidazole rings is 1. The number of carbonyl (C=O) groups is 1. The van der Waals surface area contributed by atoms with Gasteiger partial charge in [-0.25, -0.2) is 9.78 Å². The molecule has 0 saturated heterocycles. The maximum Gasteiger partial charge on any atom is 0.319 e. The van der Waals surface area contributed by atoms with Crippen LogP contribution in [0.3, 0.4) is 0 Å². The number of carbonyl (C=O) groups excluding carboxylic acids is 1. The van der Waals surface area contributed by atoms with E-state index < -0.39 is 0 Å². The molecule has 1 aromatic heterocycles. The molecule has 1 saturated carbocycles. The van der Waals surface area contributed by atoms with E-state index in [4.69, 9.17) is 4.74 Å². The van der Waals surface area contributed by atoms with Crippen LogP contribution >= 0.6 is 0 Å². The number of benzene rings is 1. The van der Waals surface area contributed by atoms with Gasteiger partial charge in [0.05, 0.1) is 12.9 Å². The fourth-order valence-electron chi connectivity index (χ4n) is 2.42. The van der Waals surface area contributed by atoms with E-state index in [1.54, 1.807) is 12.5 Å². The van der Waals surface area contributed by atoms with Crippen LogP contribution in [-0.2, 0) is 17.9 Å². The number of nitrogens with zero attached hydrogens (tertiary/aromatic N) is 2. The van der Waals surface area contributed by atoms with Crippen LogP contribution in [0.5, 0.6) is 0 Å². The van der Waals surface area contributed by atoms with Crippen LogP contribution in [0.1, 0.15) is 24.8 Å². The first-order chi connectivity index (χ1) is 11.8. The molecule has 1 aromatic carbocycles. The first kappa shape index (κ1) is 16.5. The first-order valence-electron chi connectivity index (χ1n) is 8.47. The molecule has 1 heterocycles. The van der Waals surface area contributed by atoms with E-state index >= 15 is 0 Å². The molecule has 128 valence electrons. The average molecular weight is 328 g/mol. The van der Waals surface area contributed by atoms with Crippen molar-refractivity contribution in [2.24, 2.45) is 5.92 Å². The summed E-state index contributed by atoms with van der Waals surface area (Å²) in [5.74, 6) is 0.763. The Morgan fingerprint density at radius 2 is 2.29 bits per heavy atom. The maximum atomic E-state index is 11.9. The number of anilines is 1. The Kier molecular flexibility index (Phi) is 5.85. The lowest BCUT2D eigenvalue weighted by Crippen LogP contribution is -2.30. The highest BCUT2D eigenvalue weighted by Gasteiger charge is 2.20. The van der Waals surface area contributed by atoms with Crippen molar-refractivity contribution in [2.45, 2.75) is 32.4 Å². The van der Waals surface area contributed by atoms with Gasteiger partial charge in [-0.1, -0.05) is 12.1 Å². The fourth-order valence-corrected chi connectivity index (χ4v) is 2.42. The predicted octanol–water partition coefficient (Wildman–Crippen LogP) is 3.02. The molecule has 2 amide bonds. The first-order valence-corrected chi connectivity index (χ1v) is 8.47. The number of amides is 2. The Morgan fingerprint density at radius 3 is 3.08 bits per heavy atom. The van der Waals surface area contributed by atoms with Crippen LogP contribution < -0.4 is 10.6 Å². The monoisotopic (exact) mass is 328 g/mol. The maximum absolute atomic E-state index is 11.9. The minimum atomic E-state index is -0.184. The summed E-state index contributed by atoms with van der Waals surface area (Å²) in [5, 5.41) is 5.73. The van der Waals surface area contributed by atoms with Crippen LogP contribution in [0.2, 0.25) is 0 Å². The lowest BCUT2D eigenvalue weighted by molar-refractivity contribution is 0.111. The van der Waals surface area contributed by atoms with Crippen LogP contribution in [-0.4, -0.2) is 28.7 Å². The molecular formula is C18H24N4O2. The van der Waals surface area contributed by atoms with E-state index in [-0.39, 0.29) is 6.03 Å². The topological polar surface area (TPSA) is 68.2 Å². The summed E-state index contributed by atoms with van der Waals surface area (Å²) in [6.07, 6.45) is 8.89. The van der Waals surface area contributed by atoms with E-state index in [2.05, 4.69) is 15.6 Å². The molecule has 0 bridgehead atoms. The minimum absolute atomic E-state index is 0.184. The van der Waals surface area contributed by atoms with E-state index in [1.165, 1.54) is 12.8 Å². The number of hydrogen-bond acceptors (Lipinski definition) is 3. The molecule has 0 unspecified atom stereocenters. The van der Waals surface area contributed by atoms with Crippen molar-refractivity contribution < 1.29 is 9.53 Å². The number of urea groups is 1. The SMILES string of the molecule is O=C(NCCCn1ccnc1)Nc1cccc(COCC2CC2)c1. The van der Waals surface area contributed by atoms with Crippen molar-refractivity contribution in [3.05, 3.63) is 48.5 Å². The quantitative estimate of drug-likeness (QED) is 0.695. The summed E-state index contributed by atoms with van der Waals surface area (Å²) in [5.41, 5.74) is 1.86. The van der Waals surface area contributed by atoms with Crippen molar-refractivity contribution in [3.63, 3.8) is 0 Å². The van der Waals surface area contributed by atoms with E-state index in [1.807, 2.05) is 35.0 Å². The third-order valence-electron chi connectivity index (χ3n) is 3.94. The Hall–Kier alpha value is -2.34. The standard InChI is InChI=1S/C18H24N4O2/c23-18(20-7-2-9-22-10-8-19-14-22)21-17-4-1-3-16(11-17)13-24-12-15-5-6-15/h1,3-4,8,10-11,14-15H,2,5-7,9,12-13H2,(H2,20,21,23). The van der Waals surface area contributed by atoms with Crippen LogP contribution in [0.25, 0.3) is 0 Å². The van der Waals surface area contributed by atoms with Gasteiger partial charge in [0.1, 0.15) is 0 Å². The summed E-state index contributed by atoms with van der Waals surface area (Å²) in [6.45, 7) is 2.90. The summed E-state index contributed by atoms with van der Waals surface area (Å²) in [6, 6.07) is 7.61. The largest absolute Gasteiger partial charge is 0.376 e. The Labute approximate surface area is 142 Å². The number of rotatable bonds is 9. The molecule has 6 heteroatoms.